The van der Waals surface area contributed by atoms with Crippen LogP contribution in [0.25, 0.3) is 0 Å². The third kappa shape index (κ3) is 2.70. The summed E-state index contributed by atoms with van der Waals surface area (Å²) in [5, 5.41) is 0. The average molecular weight is 295 g/mol. The summed E-state index contributed by atoms with van der Waals surface area (Å²) < 4.78 is 0.564. The van der Waals surface area contributed by atoms with Gasteiger partial charge in [0.1, 0.15) is 0 Å². The predicted octanol–water partition coefficient (Wildman–Crippen LogP) is 4.64. The molecule has 0 aliphatic heterocycles. The van der Waals surface area contributed by atoms with Gasteiger partial charge in [-0.15, -0.1) is 0 Å². The Labute approximate surface area is 107 Å². The highest BCUT2D eigenvalue weighted by atomic mass is 35.6. The molecule has 0 rings (SSSR count). The van der Waals surface area contributed by atoms with Crippen LogP contribution in [-0.4, -0.2) is 33.1 Å². The molecule has 0 N–H and O–H groups in total. The standard InChI is InChI=1S/C10H27ClSi4/c1-13(2,3)10(12-11,14(4,5)6)15(7,8)9/h1-9H3/q-1. The summed E-state index contributed by atoms with van der Waals surface area (Å²) in [6.45, 7) is 22.7. The highest BCUT2D eigenvalue weighted by Crippen LogP contribution is 2.53. The van der Waals surface area contributed by atoms with Crippen molar-refractivity contribution in [3.63, 3.8) is 0 Å². The average Bonchev–Trinajstić information content (AvgIpc) is 1.76. The van der Waals surface area contributed by atoms with Gasteiger partial charge < -0.3 is 19.9 Å². The van der Waals surface area contributed by atoms with Gasteiger partial charge in [-0.3, -0.25) is 0 Å². The minimum absolute atomic E-state index is 0.564. The maximum atomic E-state index is 6.51. The molecule has 0 atom stereocenters. The zero-order valence-electron chi connectivity index (χ0n) is 11.9. The molecule has 0 unspecified atom stereocenters. The Hall–Kier alpha value is 1.16. The van der Waals surface area contributed by atoms with Crippen molar-refractivity contribution in [2.45, 2.75) is 62.8 Å². The molecule has 0 aromatic rings. The molecule has 0 fully saturated rings. The molecule has 0 nitrogen and oxygen atoms in total. The SMILES string of the molecule is C[Si](C)(C)C([Si-]Cl)([Si](C)(C)C)[Si](C)(C)C. The first kappa shape index (κ1) is 16.2. The molecular weight excluding hydrogens is 268 g/mol. The van der Waals surface area contributed by atoms with Crippen LogP contribution in [0.4, 0.5) is 0 Å². The van der Waals surface area contributed by atoms with Crippen LogP contribution in [0.5, 0.6) is 0 Å². The second-order valence-corrected chi connectivity index (χ2v) is 27.9. The van der Waals surface area contributed by atoms with Gasteiger partial charge in [0.15, 0.2) is 0 Å². The Morgan fingerprint density at radius 2 is 0.867 bits per heavy atom. The zero-order valence-corrected chi connectivity index (χ0v) is 16.6. The molecule has 0 heterocycles. The summed E-state index contributed by atoms with van der Waals surface area (Å²) in [4.78, 5) is 0. The van der Waals surface area contributed by atoms with Crippen molar-refractivity contribution in [3.05, 3.63) is 0 Å². The molecule has 0 amide bonds. The summed E-state index contributed by atoms with van der Waals surface area (Å²) in [6.07, 6.45) is 0. The summed E-state index contributed by atoms with van der Waals surface area (Å²) >= 11 is 6.51. The van der Waals surface area contributed by atoms with Gasteiger partial charge in [0.25, 0.3) is 0 Å². The highest BCUT2D eigenvalue weighted by Gasteiger charge is 2.51. The molecule has 0 spiro atoms. The lowest BCUT2D eigenvalue weighted by Crippen LogP contribution is -2.67. The first-order chi connectivity index (χ1) is 6.31. The van der Waals surface area contributed by atoms with Crippen LogP contribution in [0.3, 0.4) is 0 Å². The highest BCUT2D eigenvalue weighted by molar-refractivity contribution is 7.30. The Kier molecular flexibility index (Phi) is 4.78. The summed E-state index contributed by atoms with van der Waals surface area (Å²) in [5.74, 6) is 0. The second kappa shape index (κ2) is 4.44. The van der Waals surface area contributed by atoms with Gasteiger partial charge in [-0.25, -0.2) is 0 Å². The predicted molar refractivity (Wildman–Crippen MR) is 84.3 cm³/mol. The normalized spacial score (nSPS) is 15.6. The van der Waals surface area contributed by atoms with Crippen molar-refractivity contribution < 1.29 is 0 Å². The van der Waals surface area contributed by atoms with Crippen LogP contribution >= 0.6 is 11.1 Å². The molecule has 0 aliphatic carbocycles. The third-order valence-corrected chi connectivity index (χ3v) is 34.2. The van der Waals surface area contributed by atoms with E-state index < -0.39 is 24.2 Å². The van der Waals surface area contributed by atoms with Crippen molar-refractivity contribution in [1.82, 2.24) is 0 Å². The van der Waals surface area contributed by atoms with E-state index in [1.807, 2.05) is 0 Å². The second-order valence-electron chi connectivity index (χ2n) is 7.59. The van der Waals surface area contributed by atoms with Crippen molar-refractivity contribution in [2.75, 3.05) is 0 Å². The van der Waals surface area contributed by atoms with E-state index in [-0.39, 0.29) is 0 Å². The van der Waals surface area contributed by atoms with E-state index in [1.165, 1.54) is 0 Å². The summed E-state index contributed by atoms with van der Waals surface area (Å²) in [5.41, 5.74) is 0. The van der Waals surface area contributed by atoms with Gasteiger partial charge in [0.2, 0.25) is 0 Å². The zero-order chi connectivity index (χ0) is 12.7. The van der Waals surface area contributed by atoms with Gasteiger partial charge in [-0.1, -0.05) is 58.9 Å². The Balaban J connectivity index is 5.78. The summed E-state index contributed by atoms with van der Waals surface area (Å²) in [7, 11) is -2.98. The van der Waals surface area contributed by atoms with E-state index in [1.54, 1.807) is 0 Å². The molecule has 0 aromatic heterocycles. The van der Waals surface area contributed by atoms with Crippen molar-refractivity contribution >= 4 is 44.1 Å². The van der Waals surface area contributed by atoms with Crippen molar-refractivity contribution in [1.29, 1.82) is 0 Å². The lowest BCUT2D eigenvalue weighted by atomic mass is 11.6. The van der Waals surface area contributed by atoms with Crippen molar-refractivity contribution in [3.8, 4) is 0 Å². The van der Waals surface area contributed by atoms with Crippen LogP contribution in [-0.2, 0) is 0 Å². The third-order valence-electron chi connectivity index (χ3n) is 3.52. The Morgan fingerprint density at radius 3 is 0.867 bits per heavy atom. The monoisotopic (exact) mass is 294 g/mol. The molecule has 0 bridgehead atoms. The lowest BCUT2D eigenvalue weighted by Gasteiger charge is -2.67. The summed E-state index contributed by atoms with van der Waals surface area (Å²) in [6, 6.07) is 0. The van der Waals surface area contributed by atoms with E-state index in [4.69, 9.17) is 11.1 Å². The molecular formula is C10H27ClSi4-. The Morgan fingerprint density at radius 1 is 0.667 bits per heavy atom. The van der Waals surface area contributed by atoms with E-state index in [2.05, 4.69) is 58.9 Å². The van der Waals surface area contributed by atoms with Crippen LogP contribution in [0, 0.1) is 0 Å². The maximum absolute atomic E-state index is 6.51. The van der Waals surface area contributed by atoms with E-state index in [0.29, 0.717) is 12.7 Å². The number of hydrogen-bond acceptors (Lipinski definition) is 0. The first-order valence-corrected chi connectivity index (χ1v) is 18.2. The van der Waals surface area contributed by atoms with Gasteiger partial charge in [0.05, 0.1) is 0 Å². The van der Waals surface area contributed by atoms with Crippen LogP contribution in [0.2, 0.25) is 62.8 Å². The minimum Gasteiger partial charge on any atom is -0.428 e. The van der Waals surface area contributed by atoms with Gasteiger partial charge in [-0.05, 0) is 0 Å². The van der Waals surface area contributed by atoms with Crippen LogP contribution in [0.1, 0.15) is 0 Å². The fraction of sp³-hybridized carbons (Fsp3) is 1.00. The molecule has 91 valence electrons. The van der Waals surface area contributed by atoms with Gasteiger partial charge in [-0.2, -0.15) is 3.91 Å². The molecule has 0 saturated carbocycles. The molecule has 0 aliphatic rings. The molecule has 1 radical (unpaired) electrons. The number of rotatable bonds is 4. The topological polar surface area (TPSA) is 0 Å². The smallest absolute Gasteiger partial charge is 0.0113 e. The minimum atomic E-state index is -1.20. The fourth-order valence-electron chi connectivity index (χ4n) is 3.80. The fourth-order valence-corrected chi connectivity index (χ4v) is 41.9. The molecule has 0 aromatic carbocycles. The maximum Gasteiger partial charge on any atom is 0.0113 e. The number of hydrogen-bond donors (Lipinski definition) is 0. The molecule has 5 heteroatoms. The van der Waals surface area contributed by atoms with E-state index in [9.17, 15) is 0 Å². The first-order valence-electron chi connectivity index (χ1n) is 5.69. The van der Waals surface area contributed by atoms with Crippen LogP contribution < -0.4 is 0 Å². The molecule has 15 heavy (non-hydrogen) atoms. The van der Waals surface area contributed by atoms with E-state index in [0.717, 1.165) is 0 Å². The van der Waals surface area contributed by atoms with Crippen molar-refractivity contribution in [2.24, 2.45) is 0 Å². The van der Waals surface area contributed by atoms with E-state index >= 15 is 0 Å². The largest absolute Gasteiger partial charge is 0.428 e. The number of halogens is 1. The molecule has 0 saturated heterocycles. The lowest BCUT2D eigenvalue weighted by molar-refractivity contribution is 1.24. The Bertz CT molecular complexity index is 183. The van der Waals surface area contributed by atoms with Crippen LogP contribution in [0.15, 0.2) is 0 Å². The van der Waals surface area contributed by atoms with Gasteiger partial charge >= 0.3 is 0 Å². The van der Waals surface area contributed by atoms with Gasteiger partial charge in [0, 0.05) is 24.2 Å². The quantitative estimate of drug-likeness (QED) is 0.524.